The van der Waals surface area contributed by atoms with Crippen LogP contribution in [0.25, 0.3) is 0 Å². The number of hydrogen-bond donors (Lipinski definition) is 1. The molecule has 0 spiro atoms. The second-order valence-electron chi connectivity index (χ2n) is 5.56. The van der Waals surface area contributed by atoms with E-state index >= 15 is 0 Å². The van der Waals surface area contributed by atoms with Crippen molar-refractivity contribution < 1.29 is 4.79 Å². The number of rotatable bonds is 5. The fourth-order valence-electron chi connectivity index (χ4n) is 2.47. The molecular weight excluding hydrogens is 360 g/mol. The van der Waals surface area contributed by atoms with Gasteiger partial charge in [-0.1, -0.05) is 53.4 Å². The molecule has 1 amide bonds. The van der Waals surface area contributed by atoms with E-state index in [1.54, 1.807) is 11.8 Å². The average Bonchev–Trinajstić information content (AvgIpc) is 2.48. The van der Waals surface area contributed by atoms with Gasteiger partial charge in [0.2, 0.25) is 5.91 Å². The molecule has 0 saturated heterocycles. The minimum Gasteiger partial charge on any atom is -0.272 e. The molecule has 1 aliphatic rings. The van der Waals surface area contributed by atoms with Gasteiger partial charge in [0.05, 0.1) is 5.75 Å². The first-order valence-corrected chi connectivity index (χ1v) is 9.86. The Morgan fingerprint density at radius 3 is 2.55 bits per heavy atom. The highest BCUT2D eigenvalue weighted by molar-refractivity contribution is 9.10. The summed E-state index contributed by atoms with van der Waals surface area (Å²) in [4.78, 5) is 11.9. The van der Waals surface area contributed by atoms with Crippen molar-refractivity contribution in [3.05, 3.63) is 34.3 Å². The van der Waals surface area contributed by atoms with Crippen LogP contribution in [0.1, 0.15) is 50.5 Å². The molecule has 0 unspecified atom stereocenters. The van der Waals surface area contributed by atoms with Crippen LogP contribution >= 0.6 is 27.7 Å². The standard InChI is InChI=1S/C17H23BrN2OS/c18-16-11-7-6-8-14(16)12-22-13-17(21)20-19-15-9-4-2-1-3-5-10-15/h6-8,11H,1-5,9-10,12-13H2,(H,20,21). The lowest BCUT2D eigenvalue weighted by Gasteiger charge is -2.11. The second-order valence-corrected chi connectivity index (χ2v) is 7.40. The predicted octanol–water partition coefficient (Wildman–Crippen LogP) is 4.90. The van der Waals surface area contributed by atoms with Crippen LogP contribution in [0.3, 0.4) is 0 Å². The summed E-state index contributed by atoms with van der Waals surface area (Å²) >= 11 is 5.14. The van der Waals surface area contributed by atoms with Crippen molar-refractivity contribution in [2.45, 2.75) is 50.7 Å². The van der Waals surface area contributed by atoms with Gasteiger partial charge in [-0.3, -0.25) is 4.79 Å². The zero-order valence-electron chi connectivity index (χ0n) is 12.8. The van der Waals surface area contributed by atoms with E-state index in [-0.39, 0.29) is 5.91 Å². The summed E-state index contributed by atoms with van der Waals surface area (Å²) in [6.07, 6.45) is 8.38. The molecule has 22 heavy (non-hydrogen) atoms. The third-order valence-corrected chi connectivity index (χ3v) is 5.47. The third-order valence-electron chi connectivity index (χ3n) is 3.72. The Bertz CT molecular complexity index is 509. The van der Waals surface area contributed by atoms with Crippen LogP contribution in [0.5, 0.6) is 0 Å². The van der Waals surface area contributed by atoms with Crippen LogP contribution in [0, 0.1) is 0 Å². The maximum atomic E-state index is 11.9. The van der Waals surface area contributed by atoms with Crippen LogP contribution in [-0.2, 0) is 10.5 Å². The molecular formula is C17H23BrN2OS. The SMILES string of the molecule is O=C(CSCc1ccccc1Br)NN=C1CCCCCCC1. The molecule has 1 aliphatic carbocycles. The fraction of sp³-hybridized carbons (Fsp3) is 0.529. The Hall–Kier alpha value is -0.810. The molecule has 0 radical (unpaired) electrons. The van der Waals surface area contributed by atoms with Gasteiger partial charge >= 0.3 is 0 Å². The van der Waals surface area contributed by atoms with Crippen LogP contribution in [0.2, 0.25) is 0 Å². The van der Waals surface area contributed by atoms with E-state index in [2.05, 4.69) is 32.5 Å². The number of nitrogens with one attached hydrogen (secondary N) is 1. The number of hydrogen-bond acceptors (Lipinski definition) is 3. The highest BCUT2D eigenvalue weighted by atomic mass is 79.9. The minimum absolute atomic E-state index is 0.00777. The lowest BCUT2D eigenvalue weighted by molar-refractivity contribution is -0.118. The van der Waals surface area contributed by atoms with E-state index in [4.69, 9.17) is 0 Å². The highest BCUT2D eigenvalue weighted by Gasteiger charge is 2.07. The van der Waals surface area contributed by atoms with Gasteiger partial charge in [-0.25, -0.2) is 5.43 Å². The van der Waals surface area contributed by atoms with E-state index < -0.39 is 0 Å². The first-order chi connectivity index (χ1) is 10.8. The molecule has 0 bridgehead atoms. The van der Waals surface area contributed by atoms with E-state index in [0.717, 1.165) is 28.8 Å². The molecule has 1 saturated carbocycles. The summed E-state index contributed by atoms with van der Waals surface area (Å²) in [6, 6.07) is 8.11. The lowest BCUT2D eigenvalue weighted by atomic mass is 9.99. The molecule has 1 aromatic rings. The minimum atomic E-state index is -0.00777. The fourth-order valence-corrected chi connectivity index (χ4v) is 3.90. The molecule has 0 aliphatic heterocycles. The second kappa shape index (κ2) is 10.1. The maximum Gasteiger partial charge on any atom is 0.250 e. The number of nitrogens with zero attached hydrogens (tertiary/aromatic N) is 1. The van der Waals surface area contributed by atoms with Gasteiger partial charge in [-0.15, -0.1) is 11.8 Å². The largest absolute Gasteiger partial charge is 0.272 e. The summed E-state index contributed by atoms with van der Waals surface area (Å²) in [6.45, 7) is 0. The van der Waals surface area contributed by atoms with Crippen molar-refractivity contribution in [1.29, 1.82) is 0 Å². The van der Waals surface area contributed by atoms with Crippen molar-refractivity contribution in [3.63, 3.8) is 0 Å². The number of carbonyl (C=O) groups is 1. The number of carbonyl (C=O) groups excluding carboxylic acids is 1. The Balaban J connectivity index is 1.70. The topological polar surface area (TPSA) is 41.5 Å². The first-order valence-electron chi connectivity index (χ1n) is 7.91. The molecule has 0 atom stereocenters. The van der Waals surface area contributed by atoms with Crippen molar-refractivity contribution in [3.8, 4) is 0 Å². The first kappa shape index (κ1) is 17.5. The zero-order chi connectivity index (χ0) is 15.6. The molecule has 5 heteroatoms. The molecule has 0 aromatic heterocycles. The quantitative estimate of drug-likeness (QED) is 0.735. The maximum absolute atomic E-state index is 11.9. The third kappa shape index (κ3) is 6.53. The number of halogens is 1. The van der Waals surface area contributed by atoms with E-state index in [1.807, 2.05) is 18.2 Å². The Morgan fingerprint density at radius 1 is 1.14 bits per heavy atom. The molecule has 3 nitrogen and oxygen atoms in total. The van der Waals surface area contributed by atoms with E-state index in [0.29, 0.717) is 5.75 Å². The summed E-state index contributed by atoms with van der Waals surface area (Å²) in [7, 11) is 0. The summed E-state index contributed by atoms with van der Waals surface area (Å²) in [5.74, 6) is 1.26. The predicted molar refractivity (Wildman–Crippen MR) is 98.2 cm³/mol. The van der Waals surface area contributed by atoms with Crippen LogP contribution in [0.15, 0.2) is 33.8 Å². The van der Waals surface area contributed by atoms with Crippen molar-refractivity contribution in [2.24, 2.45) is 5.10 Å². The van der Waals surface area contributed by atoms with Gasteiger partial charge < -0.3 is 0 Å². The molecule has 2 rings (SSSR count). The van der Waals surface area contributed by atoms with Crippen molar-refractivity contribution in [1.82, 2.24) is 5.43 Å². The van der Waals surface area contributed by atoms with Crippen LogP contribution in [-0.4, -0.2) is 17.4 Å². The van der Waals surface area contributed by atoms with Crippen molar-refractivity contribution in [2.75, 3.05) is 5.75 Å². The number of hydrazone groups is 1. The van der Waals surface area contributed by atoms with Gasteiger partial charge in [-0.05, 0) is 37.3 Å². The Kier molecular flexibility index (Phi) is 8.02. The molecule has 1 aromatic carbocycles. The molecule has 1 fully saturated rings. The zero-order valence-corrected chi connectivity index (χ0v) is 15.2. The van der Waals surface area contributed by atoms with Gasteiger partial charge in [0.1, 0.15) is 0 Å². The van der Waals surface area contributed by atoms with E-state index in [1.165, 1.54) is 37.7 Å². The smallest absolute Gasteiger partial charge is 0.250 e. The van der Waals surface area contributed by atoms with Crippen molar-refractivity contribution >= 4 is 39.3 Å². The van der Waals surface area contributed by atoms with Gasteiger partial charge in [-0.2, -0.15) is 5.10 Å². The summed E-state index contributed by atoms with van der Waals surface area (Å²) in [5.41, 5.74) is 5.09. The van der Waals surface area contributed by atoms with E-state index in [9.17, 15) is 4.79 Å². The molecule has 1 N–H and O–H groups in total. The molecule has 0 heterocycles. The highest BCUT2D eigenvalue weighted by Crippen LogP contribution is 2.21. The monoisotopic (exact) mass is 382 g/mol. The van der Waals surface area contributed by atoms with Gasteiger partial charge in [0.15, 0.2) is 0 Å². The molecule has 120 valence electrons. The average molecular weight is 383 g/mol. The van der Waals surface area contributed by atoms with Crippen LogP contribution < -0.4 is 5.43 Å². The number of amides is 1. The lowest BCUT2D eigenvalue weighted by Crippen LogP contribution is -2.22. The van der Waals surface area contributed by atoms with Crippen LogP contribution in [0.4, 0.5) is 0 Å². The Labute approximate surface area is 145 Å². The van der Waals surface area contributed by atoms with Gasteiger partial charge in [0.25, 0.3) is 0 Å². The summed E-state index contributed by atoms with van der Waals surface area (Å²) in [5, 5.41) is 4.32. The Morgan fingerprint density at radius 2 is 1.82 bits per heavy atom. The number of benzene rings is 1. The van der Waals surface area contributed by atoms with Gasteiger partial charge in [0, 0.05) is 15.9 Å². The summed E-state index contributed by atoms with van der Waals surface area (Å²) < 4.78 is 1.10. The normalized spacial score (nSPS) is 15.8. The number of thioether (sulfide) groups is 1.